The molecular weight excluding hydrogens is 632 g/mol. The summed E-state index contributed by atoms with van der Waals surface area (Å²) in [4.78, 5) is 88.7. The molecule has 19 nitrogen and oxygen atoms in total. The molecule has 1 rings (SSSR count). The number of anilines is 1. The van der Waals surface area contributed by atoms with E-state index in [1.54, 1.807) is 24.3 Å². The summed E-state index contributed by atoms with van der Waals surface area (Å²) < 4.78 is 24.2. The summed E-state index contributed by atoms with van der Waals surface area (Å²) in [7, 11) is -9.58. The van der Waals surface area contributed by atoms with Gasteiger partial charge in [0, 0.05) is 44.5 Å². The van der Waals surface area contributed by atoms with Crippen molar-refractivity contribution in [2.45, 2.75) is 12.5 Å². The van der Waals surface area contributed by atoms with Gasteiger partial charge in [0.25, 0.3) is 0 Å². The SMILES string of the molecule is Nc1ccc(CC(CN(CCN(CC(=O)O)CC(=O)O)CP(=O)(O)O)N(CCN(CC(=O)O)CC(=O)O)CP(=O)(O)O)cc1. The number of hydrogen-bond donors (Lipinski definition) is 9. The van der Waals surface area contributed by atoms with Crippen molar-refractivity contribution in [3.63, 3.8) is 0 Å². The number of aliphatic carboxylic acids is 4. The summed E-state index contributed by atoms with van der Waals surface area (Å²) in [6, 6.07) is 5.43. The molecular formula is C23H39N5O14P2. The minimum Gasteiger partial charge on any atom is -0.480 e. The Morgan fingerprint density at radius 3 is 1.41 bits per heavy atom. The normalized spacial score (nSPS) is 13.1. The first-order valence-electron chi connectivity index (χ1n) is 12.9. The summed E-state index contributed by atoms with van der Waals surface area (Å²) in [5.74, 6) is -5.36. The van der Waals surface area contributed by atoms with Gasteiger partial charge < -0.3 is 45.7 Å². The second-order valence-electron chi connectivity index (χ2n) is 10.1. The average Bonchev–Trinajstić information content (AvgIpc) is 2.82. The molecule has 1 atom stereocenters. The highest BCUT2D eigenvalue weighted by molar-refractivity contribution is 7.51. The fraction of sp³-hybridized carbons (Fsp3) is 0.565. The fourth-order valence-corrected chi connectivity index (χ4v) is 5.99. The molecule has 0 spiro atoms. The van der Waals surface area contributed by atoms with Crippen LogP contribution in [0, 0.1) is 0 Å². The zero-order valence-electron chi connectivity index (χ0n) is 23.7. The molecule has 0 aliphatic carbocycles. The predicted octanol–water partition coefficient (Wildman–Crippen LogP) is -2.00. The molecule has 1 unspecified atom stereocenters. The largest absolute Gasteiger partial charge is 0.480 e. The third-order valence-corrected chi connectivity index (χ3v) is 7.56. The van der Waals surface area contributed by atoms with Gasteiger partial charge in [0.2, 0.25) is 0 Å². The van der Waals surface area contributed by atoms with Gasteiger partial charge in [-0.05, 0) is 24.1 Å². The highest BCUT2D eigenvalue weighted by Crippen LogP contribution is 2.37. The summed E-state index contributed by atoms with van der Waals surface area (Å²) in [5, 5.41) is 36.6. The molecule has 0 aromatic heterocycles. The molecule has 44 heavy (non-hydrogen) atoms. The maximum atomic E-state index is 12.2. The highest BCUT2D eigenvalue weighted by Gasteiger charge is 2.31. The quantitative estimate of drug-likeness (QED) is 0.0448. The zero-order valence-corrected chi connectivity index (χ0v) is 25.4. The Kier molecular flexibility index (Phi) is 16.1. The van der Waals surface area contributed by atoms with Crippen LogP contribution in [0.5, 0.6) is 0 Å². The molecule has 10 N–H and O–H groups in total. The smallest absolute Gasteiger partial charge is 0.339 e. The Morgan fingerprint density at radius 1 is 0.636 bits per heavy atom. The fourth-order valence-electron chi connectivity index (χ4n) is 4.36. The number of nitrogens with two attached hydrogens (primary N) is 1. The Bertz CT molecular complexity index is 1180. The van der Waals surface area contributed by atoms with Gasteiger partial charge in [0.05, 0.1) is 26.2 Å². The van der Waals surface area contributed by atoms with Crippen molar-refractivity contribution in [3.05, 3.63) is 29.8 Å². The van der Waals surface area contributed by atoms with E-state index in [0.29, 0.717) is 11.3 Å². The summed E-state index contributed by atoms with van der Waals surface area (Å²) >= 11 is 0. The molecule has 0 saturated carbocycles. The molecule has 0 amide bonds. The Morgan fingerprint density at radius 2 is 1.02 bits per heavy atom. The standard InChI is InChI=1S/C23H39N5O14P2/c24-18-3-1-17(2-4-18)9-19(28(16-44(40,41)42)8-7-26(13-22(33)34)14-23(35)36)10-27(15-43(37,38)39)6-5-25(11-20(29)30)12-21(31)32/h1-4,19H,5-16,24H2,(H,29,30)(H,31,32)(H,33,34)(H,35,36)(H2,37,38,39)(H2,40,41,42). The maximum Gasteiger partial charge on any atom is 0.339 e. The monoisotopic (exact) mass is 671 g/mol. The zero-order chi connectivity index (χ0) is 33.7. The first-order valence-corrected chi connectivity index (χ1v) is 16.5. The van der Waals surface area contributed by atoms with E-state index in [2.05, 4.69) is 0 Å². The van der Waals surface area contributed by atoms with E-state index >= 15 is 0 Å². The summed E-state index contributed by atoms with van der Waals surface area (Å²) in [6.45, 7) is -4.05. The average molecular weight is 672 g/mol. The molecule has 0 aliphatic rings. The van der Waals surface area contributed by atoms with Crippen LogP contribution >= 0.6 is 15.2 Å². The van der Waals surface area contributed by atoms with Gasteiger partial charge in [-0.1, -0.05) is 12.1 Å². The lowest BCUT2D eigenvalue weighted by molar-refractivity contribution is -0.143. The van der Waals surface area contributed by atoms with Crippen LogP contribution < -0.4 is 5.73 Å². The molecule has 0 radical (unpaired) electrons. The Labute approximate surface area is 252 Å². The number of benzene rings is 1. The molecule has 250 valence electrons. The van der Waals surface area contributed by atoms with Gasteiger partial charge in [0.1, 0.15) is 12.6 Å². The summed E-state index contributed by atoms with van der Waals surface area (Å²) in [5.41, 5.74) is 6.76. The van der Waals surface area contributed by atoms with Gasteiger partial charge >= 0.3 is 39.1 Å². The topological polar surface area (TPSA) is 303 Å². The van der Waals surface area contributed by atoms with Crippen LogP contribution in [-0.4, -0.2) is 161 Å². The van der Waals surface area contributed by atoms with E-state index in [1.807, 2.05) is 0 Å². The lowest BCUT2D eigenvalue weighted by Crippen LogP contribution is -2.50. The van der Waals surface area contributed by atoms with Crippen LogP contribution in [0.25, 0.3) is 0 Å². The second kappa shape index (κ2) is 18.1. The van der Waals surface area contributed by atoms with E-state index in [1.165, 1.54) is 9.80 Å². The molecule has 0 saturated heterocycles. The van der Waals surface area contributed by atoms with E-state index in [-0.39, 0.29) is 39.1 Å². The van der Waals surface area contributed by atoms with Crippen molar-refractivity contribution >= 4 is 44.8 Å². The number of carboxylic acid groups (broad SMARTS) is 4. The number of nitrogens with zero attached hydrogens (tertiary/aromatic N) is 4. The molecule has 1 aromatic carbocycles. The number of carboxylic acids is 4. The second-order valence-corrected chi connectivity index (χ2v) is 13.3. The maximum absolute atomic E-state index is 12.2. The van der Waals surface area contributed by atoms with Crippen LogP contribution in [-0.2, 0) is 34.7 Å². The third-order valence-electron chi connectivity index (χ3n) is 6.06. The van der Waals surface area contributed by atoms with Gasteiger partial charge in [0.15, 0.2) is 0 Å². The van der Waals surface area contributed by atoms with Crippen LogP contribution in [0.1, 0.15) is 5.56 Å². The van der Waals surface area contributed by atoms with Gasteiger partial charge in [-0.15, -0.1) is 0 Å². The van der Waals surface area contributed by atoms with Crippen molar-refractivity contribution in [3.8, 4) is 0 Å². The number of hydrogen-bond acceptors (Lipinski definition) is 11. The van der Waals surface area contributed by atoms with Crippen molar-refractivity contribution in [2.75, 3.05) is 77.2 Å². The Hall–Kier alpha value is -2.96. The summed E-state index contributed by atoms with van der Waals surface area (Å²) in [6.07, 6.45) is -1.72. The van der Waals surface area contributed by atoms with Crippen LogP contribution in [0.2, 0.25) is 0 Å². The predicted molar refractivity (Wildman–Crippen MR) is 154 cm³/mol. The van der Waals surface area contributed by atoms with Crippen LogP contribution in [0.4, 0.5) is 5.69 Å². The molecule has 0 heterocycles. The molecule has 0 fully saturated rings. The third kappa shape index (κ3) is 18.6. The Balaban J connectivity index is 3.46. The van der Waals surface area contributed by atoms with E-state index in [0.717, 1.165) is 9.80 Å². The minimum atomic E-state index is -4.81. The number of nitrogen functional groups attached to an aromatic ring is 1. The number of rotatable bonds is 23. The first kappa shape index (κ1) is 39.1. The molecule has 1 aromatic rings. The van der Waals surface area contributed by atoms with Crippen LogP contribution in [0.15, 0.2) is 24.3 Å². The lowest BCUT2D eigenvalue weighted by Gasteiger charge is -2.37. The van der Waals surface area contributed by atoms with E-state index in [4.69, 9.17) is 15.9 Å². The van der Waals surface area contributed by atoms with Crippen molar-refractivity contribution in [1.29, 1.82) is 0 Å². The molecule has 21 heteroatoms. The molecule has 0 aliphatic heterocycles. The highest BCUT2D eigenvalue weighted by atomic mass is 31.2. The minimum absolute atomic E-state index is 0.0315. The number of carbonyl (C=O) groups is 4. The molecule has 0 bridgehead atoms. The van der Waals surface area contributed by atoms with Crippen molar-refractivity contribution < 1.29 is 68.3 Å². The lowest BCUT2D eigenvalue weighted by atomic mass is 10.0. The van der Waals surface area contributed by atoms with Gasteiger partial charge in [-0.3, -0.25) is 47.9 Å². The van der Waals surface area contributed by atoms with Gasteiger partial charge in [-0.25, -0.2) is 0 Å². The van der Waals surface area contributed by atoms with Gasteiger partial charge in [-0.2, -0.15) is 0 Å². The van der Waals surface area contributed by atoms with Crippen molar-refractivity contribution in [2.24, 2.45) is 0 Å². The van der Waals surface area contributed by atoms with E-state index in [9.17, 15) is 58.1 Å². The van der Waals surface area contributed by atoms with Crippen LogP contribution in [0.3, 0.4) is 0 Å². The van der Waals surface area contributed by atoms with E-state index < -0.39 is 83.9 Å². The first-order chi connectivity index (χ1) is 20.2. The van der Waals surface area contributed by atoms with Crippen molar-refractivity contribution in [1.82, 2.24) is 19.6 Å².